The van der Waals surface area contributed by atoms with Gasteiger partial charge in [0.25, 0.3) is 0 Å². The Morgan fingerprint density at radius 1 is 0.326 bits per heavy atom. The fraction of sp³-hybridized carbons (Fsp3) is 0. The molecule has 4 aromatic rings. The molecule has 46 heavy (non-hydrogen) atoms. The zero-order valence-electron chi connectivity index (χ0n) is 23.4. The maximum Gasteiger partial charge on any atom is 3.00 e. The molecule has 4 rings (SSSR count). The van der Waals surface area contributed by atoms with Gasteiger partial charge in [-0.15, -0.1) is 0 Å². The summed E-state index contributed by atoms with van der Waals surface area (Å²) in [5, 5.41) is 0. The smallest absolute Gasteiger partial charge is 0.744 e. The molecule has 0 radical (unpaired) electrons. The van der Waals surface area contributed by atoms with Crippen molar-refractivity contribution in [1.29, 1.82) is 0 Å². The standard InChI is InChI=1S/4C6H7NO3S.Au.Na/c4*7-5-1-3-6(4-2-5)11(8,9)10;;/h4*1-4H,7H2,(H,8,9,10);;/q;;;;+3;+1/p-4. The summed E-state index contributed by atoms with van der Waals surface area (Å²) in [4.78, 5) is -1.03. The molecule has 0 saturated carbocycles. The molecule has 0 aliphatic carbocycles. The summed E-state index contributed by atoms with van der Waals surface area (Å²) in [7, 11) is -17.3. The number of nitrogens with two attached hydrogens (primary N) is 4. The van der Waals surface area contributed by atoms with Crippen molar-refractivity contribution in [3.63, 3.8) is 0 Å². The molecular formula is C24H24AuN4NaO12S4. The molecule has 0 heterocycles. The molecule has 0 amide bonds. The molecule has 22 heteroatoms. The van der Waals surface area contributed by atoms with Crippen LogP contribution >= 0.6 is 0 Å². The average molecular weight is 909 g/mol. The van der Waals surface area contributed by atoms with E-state index >= 15 is 0 Å². The molecule has 0 aliphatic rings. The van der Waals surface area contributed by atoms with Gasteiger partial charge in [-0.25, -0.2) is 33.7 Å². The van der Waals surface area contributed by atoms with Crippen molar-refractivity contribution in [2.45, 2.75) is 19.6 Å². The van der Waals surface area contributed by atoms with Crippen molar-refractivity contribution in [2.75, 3.05) is 22.9 Å². The molecule has 0 saturated heterocycles. The molecule has 8 N–H and O–H groups in total. The Balaban J connectivity index is 0. The zero-order chi connectivity index (χ0) is 33.9. The topological polar surface area (TPSA) is 333 Å². The Bertz CT molecular complexity index is 1670. The van der Waals surface area contributed by atoms with E-state index in [2.05, 4.69) is 0 Å². The minimum Gasteiger partial charge on any atom is -0.744 e. The normalized spacial score (nSPS) is 10.9. The summed E-state index contributed by atoms with van der Waals surface area (Å²) in [5.41, 5.74) is 22.8. The molecule has 0 aliphatic heterocycles. The molecule has 248 valence electrons. The molecule has 16 nitrogen and oxygen atoms in total. The van der Waals surface area contributed by atoms with Crippen LogP contribution in [0.1, 0.15) is 0 Å². The van der Waals surface area contributed by atoms with Crippen molar-refractivity contribution in [3.8, 4) is 0 Å². The van der Waals surface area contributed by atoms with Crippen molar-refractivity contribution in [3.05, 3.63) is 97.1 Å². The van der Waals surface area contributed by atoms with E-state index in [1.807, 2.05) is 0 Å². The summed E-state index contributed by atoms with van der Waals surface area (Å²) in [6, 6.07) is 20.4. The first-order valence-corrected chi connectivity index (χ1v) is 16.9. The van der Waals surface area contributed by atoms with Crippen LogP contribution in [0.5, 0.6) is 0 Å². The van der Waals surface area contributed by atoms with Gasteiger partial charge in [0.2, 0.25) is 0 Å². The summed E-state index contributed by atoms with van der Waals surface area (Å²) in [6.07, 6.45) is 0. The summed E-state index contributed by atoms with van der Waals surface area (Å²) >= 11 is 0. The van der Waals surface area contributed by atoms with E-state index in [0.717, 1.165) is 0 Å². The summed E-state index contributed by atoms with van der Waals surface area (Å²) in [6.45, 7) is 0. The van der Waals surface area contributed by atoms with E-state index in [9.17, 15) is 51.9 Å². The third-order valence-corrected chi connectivity index (χ3v) is 8.07. The van der Waals surface area contributed by atoms with E-state index in [4.69, 9.17) is 22.9 Å². The van der Waals surface area contributed by atoms with Gasteiger partial charge in [0.15, 0.2) is 0 Å². The Morgan fingerprint density at radius 2 is 0.435 bits per heavy atom. The third-order valence-electron chi connectivity index (χ3n) is 4.68. The third kappa shape index (κ3) is 18.0. The first-order chi connectivity index (χ1) is 20.0. The van der Waals surface area contributed by atoms with Gasteiger partial charge in [-0.1, -0.05) is 0 Å². The van der Waals surface area contributed by atoms with Crippen LogP contribution in [0.3, 0.4) is 0 Å². The number of nitrogen functional groups attached to an aromatic ring is 4. The molecule has 0 bridgehead atoms. The van der Waals surface area contributed by atoms with Crippen molar-refractivity contribution < 1.29 is 104 Å². The first-order valence-electron chi connectivity index (χ1n) is 11.3. The maximum atomic E-state index is 10.3. The number of hydrogen-bond acceptors (Lipinski definition) is 16. The van der Waals surface area contributed by atoms with Crippen LogP contribution in [0.15, 0.2) is 117 Å². The fourth-order valence-corrected chi connectivity index (χ4v) is 4.42. The van der Waals surface area contributed by atoms with Crippen LogP contribution in [0.2, 0.25) is 0 Å². The monoisotopic (exact) mass is 908 g/mol. The SMILES string of the molecule is Nc1ccc(S(=O)(=O)[O-])cc1.Nc1ccc(S(=O)(=O)[O-])cc1.Nc1ccc(S(=O)(=O)[O-])cc1.Nc1ccc(S(=O)(=O)[O-])cc1.[Au+3].[Na+]. The van der Waals surface area contributed by atoms with Crippen LogP contribution in [0.25, 0.3) is 0 Å². The quantitative estimate of drug-likeness (QED) is 0.0950. The minimum absolute atomic E-state index is 0. The van der Waals surface area contributed by atoms with Gasteiger partial charge in [-0.2, -0.15) is 0 Å². The van der Waals surface area contributed by atoms with E-state index in [1.165, 1.54) is 97.1 Å². The predicted octanol–water partition coefficient (Wildman–Crippen LogP) is -2.31. The van der Waals surface area contributed by atoms with E-state index in [0.29, 0.717) is 22.7 Å². The van der Waals surface area contributed by atoms with E-state index in [1.54, 1.807) is 0 Å². The van der Waals surface area contributed by atoms with Crippen LogP contribution in [0.4, 0.5) is 22.7 Å². The Kier molecular flexibility index (Phi) is 19.1. The predicted molar refractivity (Wildman–Crippen MR) is 155 cm³/mol. The number of rotatable bonds is 4. The largest absolute Gasteiger partial charge is 3.00 e. The molecule has 0 atom stereocenters. The van der Waals surface area contributed by atoms with Crippen molar-refractivity contribution in [2.24, 2.45) is 0 Å². The molecule has 0 aromatic heterocycles. The molecular weight excluding hydrogens is 885 g/mol. The second-order valence-corrected chi connectivity index (χ2v) is 13.6. The van der Waals surface area contributed by atoms with Gasteiger partial charge < -0.3 is 41.1 Å². The van der Waals surface area contributed by atoms with Crippen molar-refractivity contribution >= 4 is 63.2 Å². The van der Waals surface area contributed by atoms with Crippen LogP contribution < -0.4 is 52.5 Å². The summed E-state index contributed by atoms with van der Waals surface area (Å²) in [5.74, 6) is 0. The van der Waals surface area contributed by atoms with Crippen LogP contribution in [0, 0.1) is 0 Å². The summed E-state index contributed by atoms with van der Waals surface area (Å²) < 4.78 is 124. The van der Waals surface area contributed by atoms with E-state index < -0.39 is 40.5 Å². The Morgan fingerprint density at radius 3 is 0.522 bits per heavy atom. The average Bonchev–Trinajstić information content (AvgIpc) is 2.89. The van der Waals surface area contributed by atoms with Gasteiger partial charge in [0.05, 0.1) is 19.6 Å². The second-order valence-electron chi connectivity index (χ2n) is 8.09. The number of hydrogen-bond donors (Lipinski definition) is 4. The molecule has 0 fully saturated rings. The molecule has 0 unspecified atom stereocenters. The molecule has 4 aromatic carbocycles. The van der Waals surface area contributed by atoms with Gasteiger partial charge >= 0.3 is 51.9 Å². The fourth-order valence-electron chi connectivity index (χ4n) is 2.54. The Labute approximate surface area is 304 Å². The van der Waals surface area contributed by atoms with Gasteiger partial charge in [-0.05, 0) is 97.1 Å². The van der Waals surface area contributed by atoms with Gasteiger partial charge in [0, 0.05) is 22.7 Å². The second kappa shape index (κ2) is 19.3. The Hall–Kier alpha value is -2.54. The number of anilines is 4. The minimum atomic E-state index is -4.33. The van der Waals surface area contributed by atoms with Crippen molar-refractivity contribution in [1.82, 2.24) is 0 Å². The molecule has 0 spiro atoms. The van der Waals surface area contributed by atoms with E-state index in [-0.39, 0.29) is 71.5 Å². The number of benzene rings is 4. The van der Waals surface area contributed by atoms with Crippen LogP contribution in [-0.2, 0) is 62.9 Å². The van der Waals surface area contributed by atoms with Gasteiger partial charge in [-0.3, -0.25) is 0 Å². The van der Waals surface area contributed by atoms with Gasteiger partial charge in [0.1, 0.15) is 40.5 Å². The maximum absolute atomic E-state index is 10.3. The first kappa shape index (κ1) is 45.6. The zero-order valence-corrected chi connectivity index (χ0v) is 30.8. The van der Waals surface area contributed by atoms with Crippen LogP contribution in [-0.4, -0.2) is 51.9 Å².